The molecule has 3 heterocycles. The molecule has 0 aliphatic carbocycles. The second-order valence-corrected chi connectivity index (χ2v) is 11.3. The fraction of sp³-hybridized carbons (Fsp3) is 0.682. The van der Waals surface area contributed by atoms with Gasteiger partial charge in [-0.3, -0.25) is 0 Å². The van der Waals surface area contributed by atoms with Gasteiger partial charge in [-0.1, -0.05) is 6.42 Å². The average Bonchev–Trinajstić information content (AvgIpc) is 3.33. The van der Waals surface area contributed by atoms with Crippen LogP contribution in [0.3, 0.4) is 0 Å². The van der Waals surface area contributed by atoms with Crippen LogP contribution in [0.5, 0.6) is 0 Å². The number of nitrogens with zero attached hydrogens (tertiary/aromatic N) is 3. The molecule has 178 valence electrons. The van der Waals surface area contributed by atoms with Crippen molar-refractivity contribution in [3.8, 4) is 0 Å². The smallest absolute Gasteiger partial charge is 0.243 e. The van der Waals surface area contributed by atoms with E-state index in [1.54, 1.807) is 16.4 Å². The van der Waals surface area contributed by atoms with Gasteiger partial charge in [0.2, 0.25) is 10.0 Å². The van der Waals surface area contributed by atoms with Crippen molar-refractivity contribution >= 4 is 38.7 Å². The van der Waals surface area contributed by atoms with Gasteiger partial charge in [-0.05, 0) is 63.1 Å². The van der Waals surface area contributed by atoms with Gasteiger partial charge in [0, 0.05) is 52.4 Å². The Balaban J connectivity index is 1.54. The van der Waals surface area contributed by atoms with E-state index >= 15 is 0 Å². The number of anilines is 2. The Morgan fingerprint density at radius 2 is 1.84 bits per heavy atom. The molecule has 0 aromatic heterocycles. The highest BCUT2D eigenvalue weighted by atomic mass is 32.2. The molecule has 3 aliphatic rings. The first-order valence-electron chi connectivity index (χ1n) is 11.7. The molecule has 8 nitrogen and oxygen atoms in total. The summed E-state index contributed by atoms with van der Waals surface area (Å²) in [5.74, 6) is 0. The minimum absolute atomic E-state index is 0.178. The number of nitrogens with one attached hydrogen (secondary N) is 2. The topological polar surface area (TPSA) is 77.2 Å². The van der Waals surface area contributed by atoms with Crippen LogP contribution >= 0.6 is 12.2 Å². The van der Waals surface area contributed by atoms with Gasteiger partial charge in [-0.15, -0.1) is 0 Å². The van der Waals surface area contributed by atoms with Gasteiger partial charge in [-0.2, -0.15) is 4.31 Å². The van der Waals surface area contributed by atoms with Crippen LogP contribution in [0.15, 0.2) is 23.1 Å². The van der Waals surface area contributed by atoms with Gasteiger partial charge in [0.25, 0.3) is 0 Å². The van der Waals surface area contributed by atoms with Gasteiger partial charge in [0.05, 0.1) is 22.4 Å². The molecular formula is C22H35N5O3S2. The molecule has 0 radical (unpaired) electrons. The van der Waals surface area contributed by atoms with Gasteiger partial charge in [-0.25, -0.2) is 8.42 Å². The molecule has 0 spiro atoms. The number of sulfonamides is 1. The summed E-state index contributed by atoms with van der Waals surface area (Å²) in [6.45, 7) is 6.35. The maximum Gasteiger partial charge on any atom is 0.243 e. The molecule has 1 aromatic rings. The number of ether oxygens (including phenoxy) is 1. The molecule has 4 rings (SSSR count). The van der Waals surface area contributed by atoms with E-state index in [0.717, 1.165) is 76.3 Å². The van der Waals surface area contributed by atoms with E-state index in [4.69, 9.17) is 17.0 Å². The Kier molecular flexibility index (Phi) is 7.88. The number of piperidine rings is 1. The minimum atomic E-state index is -3.52. The van der Waals surface area contributed by atoms with Crippen molar-refractivity contribution in [3.05, 3.63) is 18.2 Å². The van der Waals surface area contributed by atoms with Crippen LogP contribution in [-0.2, 0) is 14.8 Å². The number of rotatable bonds is 6. The van der Waals surface area contributed by atoms with Crippen LogP contribution in [-0.4, -0.2) is 88.3 Å². The maximum atomic E-state index is 13.3. The third-order valence-corrected chi connectivity index (χ3v) is 8.67. The molecule has 32 heavy (non-hydrogen) atoms. The normalized spacial score (nSPS) is 23.3. The van der Waals surface area contributed by atoms with E-state index in [-0.39, 0.29) is 6.10 Å². The van der Waals surface area contributed by atoms with Gasteiger partial charge in [0.1, 0.15) is 0 Å². The third-order valence-electron chi connectivity index (χ3n) is 6.53. The number of benzene rings is 1. The molecule has 3 fully saturated rings. The van der Waals surface area contributed by atoms with Gasteiger partial charge >= 0.3 is 0 Å². The monoisotopic (exact) mass is 481 g/mol. The Labute approximate surface area is 197 Å². The summed E-state index contributed by atoms with van der Waals surface area (Å²) in [7, 11) is -1.40. The molecule has 2 N–H and O–H groups in total. The lowest BCUT2D eigenvalue weighted by molar-refractivity contribution is 0.114. The quantitative estimate of drug-likeness (QED) is 0.598. The van der Waals surface area contributed by atoms with Crippen LogP contribution in [0, 0.1) is 0 Å². The van der Waals surface area contributed by atoms with Crippen LogP contribution in [0.2, 0.25) is 0 Å². The molecule has 1 aromatic carbocycles. The van der Waals surface area contributed by atoms with Crippen LogP contribution in [0.1, 0.15) is 32.1 Å². The Bertz CT molecular complexity index is 891. The average molecular weight is 482 g/mol. The standard InChI is InChI=1S/C22H35N5O3S2/c1-25-11-13-26(14-12-25)21-8-7-19(32(28,29)27-9-3-2-4-10-27)16-20(21)24-22(31)23-17-18-6-5-15-30-18/h7-8,16,18H,2-6,9-15,17H2,1H3,(H2,23,24,31)/t18-/m1/s1. The largest absolute Gasteiger partial charge is 0.376 e. The van der Waals surface area contributed by atoms with E-state index in [0.29, 0.717) is 29.6 Å². The summed E-state index contributed by atoms with van der Waals surface area (Å²) in [4.78, 5) is 4.91. The second-order valence-electron chi connectivity index (χ2n) is 8.90. The number of piperazine rings is 1. The van der Waals surface area contributed by atoms with Crippen molar-refractivity contribution in [2.45, 2.75) is 43.1 Å². The summed E-state index contributed by atoms with van der Waals surface area (Å²) in [5, 5.41) is 7.01. The first-order chi connectivity index (χ1) is 15.4. The molecule has 10 heteroatoms. The summed E-state index contributed by atoms with van der Waals surface area (Å²) in [6, 6.07) is 5.41. The first kappa shape index (κ1) is 23.7. The van der Waals surface area contributed by atoms with Crippen molar-refractivity contribution in [1.82, 2.24) is 14.5 Å². The van der Waals surface area contributed by atoms with Crippen LogP contribution in [0.25, 0.3) is 0 Å². The van der Waals surface area contributed by atoms with E-state index in [2.05, 4.69) is 27.5 Å². The number of hydrogen-bond acceptors (Lipinski definition) is 6. The van der Waals surface area contributed by atoms with E-state index in [1.807, 2.05) is 6.07 Å². The summed E-state index contributed by atoms with van der Waals surface area (Å²) < 4.78 is 33.8. The van der Waals surface area contributed by atoms with Gasteiger partial charge < -0.3 is 25.2 Å². The van der Waals surface area contributed by atoms with E-state index in [1.165, 1.54) is 0 Å². The number of thiocarbonyl (C=S) groups is 1. The zero-order valence-electron chi connectivity index (χ0n) is 18.9. The van der Waals surface area contributed by atoms with Crippen molar-refractivity contribution in [3.63, 3.8) is 0 Å². The fourth-order valence-electron chi connectivity index (χ4n) is 4.53. The predicted molar refractivity (Wildman–Crippen MR) is 132 cm³/mol. The lowest BCUT2D eigenvalue weighted by atomic mass is 10.2. The second kappa shape index (κ2) is 10.6. The van der Waals surface area contributed by atoms with Crippen molar-refractivity contribution < 1.29 is 13.2 Å². The Hall–Kier alpha value is -1.46. The first-order valence-corrected chi connectivity index (χ1v) is 13.5. The van der Waals surface area contributed by atoms with Crippen LogP contribution < -0.4 is 15.5 Å². The number of hydrogen-bond donors (Lipinski definition) is 2. The lowest BCUT2D eigenvalue weighted by Gasteiger charge is -2.35. The summed E-state index contributed by atoms with van der Waals surface area (Å²) in [6.07, 6.45) is 5.22. The lowest BCUT2D eigenvalue weighted by Crippen LogP contribution is -2.45. The summed E-state index contributed by atoms with van der Waals surface area (Å²) >= 11 is 5.55. The SMILES string of the molecule is CN1CCN(c2ccc(S(=O)(=O)N3CCCCC3)cc2NC(=S)NC[C@H]2CCCO2)CC1. The molecule has 0 bridgehead atoms. The van der Waals surface area contributed by atoms with Crippen LogP contribution in [0.4, 0.5) is 11.4 Å². The molecule has 3 aliphatic heterocycles. The molecule has 1 atom stereocenters. The minimum Gasteiger partial charge on any atom is -0.376 e. The predicted octanol–water partition coefficient (Wildman–Crippen LogP) is 2.08. The zero-order chi connectivity index (χ0) is 22.6. The third kappa shape index (κ3) is 5.72. The van der Waals surface area contributed by atoms with E-state index < -0.39 is 10.0 Å². The Morgan fingerprint density at radius 3 is 2.53 bits per heavy atom. The van der Waals surface area contributed by atoms with Crippen molar-refractivity contribution in [1.29, 1.82) is 0 Å². The number of likely N-dealkylation sites (N-methyl/N-ethyl adjacent to an activating group) is 1. The Morgan fingerprint density at radius 1 is 1.09 bits per heavy atom. The highest BCUT2D eigenvalue weighted by Crippen LogP contribution is 2.31. The van der Waals surface area contributed by atoms with Crippen molar-refractivity contribution in [2.75, 3.05) is 69.7 Å². The highest BCUT2D eigenvalue weighted by molar-refractivity contribution is 7.89. The van der Waals surface area contributed by atoms with Crippen molar-refractivity contribution in [2.24, 2.45) is 0 Å². The zero-order valence-corrected chi connectivity index (χ0v) is 20.5. The summed E-state index contributed by atoms with van der Waals surface area (Å²) in [5.41, 5.74) is 1.72. The molecule has 0 unspecified atom stereocenters. The van der Waals surface area contributed by atoms with E-state index in [9.17, 15) is 8.42 Å². The molecule has 3 saturated heterocycles. The maximum absolute atomic E-state index is 13.3. The fourth-order valence-corrected chi connectivity index (χ4v) is 6.27. The molecule has 0 amide bonds. The molecule has 0 saturated carbocycles. The van der Waals surface area contributed by atoms with Gasteiger partial charge in [0.15, 0.2) is 5.11 Å². The highest BCUT2D eigenvalue weighted by Gasteiger charge is 2.28. The molecular weight excluding hydrogens is 446 g/mol.